The molecular weight excluding hydrogens is 258 g/mol. The smallest absolute Gasteiger partial charge is 0.292 e. The van der Waals surface area contributed by atoms with E-state index in [0.717, 1.165) is 0 Å². The van der Waals surface area contributed by atoms with E-state index >= 15 is 0 Å². The highest BCUT2D eigenvalue weighted by Crippen LogP contribution is 2.23. The van der Waals surface area contributed by atoms with Crippen molar-refractivity contribution in [2.24, 2.45) is 0 Å². The van der Waals surface area contributed by atoms with Crippen LogP contribution in [-0.4, -0.2) is 10.8 Å². The number of para-hydroxylation sites is 2. The monoisotopic (exact) mass is 267 g/mol. The summed E-state index contributed by atoms with van der Waals surface area (Å²) in [6.07, 6.45) is 0. The number of nitrogens with zero attached hydrogens (tertiary/aromatic N) is 2. The molecule has 98 valence electrons. The first-order valence-electron chi connectivity index (χ1n) is 5.67. The number of amides is 1. The molecule has 0 radical (unpaired) electrons. The first-order valence-corrected chi connectivity index (χ1v) is 5.67. The molecule has 2 rings (SSSR count). The van der Waals surface area contributed by atoms with E-state index in [1.165, 1.54) is 30.3 Å². The van der Waals surface area contributed by atoms with E-state index in [1.54, 1.807) is 18.2 Å². The van der Waals surface area contributed by atoms with Crippen molar-refractivity contribution in [3.63, 3.8) is 0 Å². The van der Waals surface area contributed by atoms with Gasteiger partial charge in [-0.3, -0.25) is 14.9 Å². The Morgan fingerprint density at radius 2 is 1.95 bits per heavy atom. The fourth-order valence-corrected chi connectivity index (χ4v) is 1.66. The van der Waals surface area contributed by atoms with Gasteiger partial charge >= 0.3 is 0 Å². The van der Waals surface area contributed by atoms with E-state index in [0.29, 0.717) is 5.56 Å². The van der Waals surface area contributed by atoms with Gasteiger partial charge in [0, 0.05) is 11.6 Å². The summed E-state index contributed by atoms with van der Waals surface area (Å²) in [5.41, 5.74) is 0.546. The van der Waals surface area contributed by atoms with E-state index in [4.69, 9.17) is 5.26 Å². The molecule has 0 fully saturated rings. The lowest BCUT2D eigenvalue weighted by atomic mass is 10.1. The number of nitro groups is 1. The highest BCUT2D eigenvalue weighted by Gasteiger charge is 2.15. The lowest BCUT2D eigenvalue weighted by Crippen LogP contribution is -2.13. The van der Waals surface area contributed by atoms with Gasteiger partial charge in [-0.1, -0.05) is 18.2 Å². The second-order valence-electron chi connectivity index (χ2n) is 3.92. The summed E-state index contributed by atoms with van der Waals surface area (Å²) in [7, 11) is 0. The van der Waals surface area contributed by atoms with Crippen LogP contribution in [0.5, 0.6) is 0 Å². The second-order valence-corrected chi connectivity index (χ2v) is 3.92. The zero-order chi connectivity index (χ0) is 14.5. The molecule has 20 heavy (non-hydrogen) atoms. The van der Waals surface area contributed by atoms with Gasteiger partial charge in [0.15, 0.2) is 0 Å². The number of hydrogen-bond donors (Lipinski definition) is 1. The number of rotatable bonds is 3. The van der Waals surface area contributed by atoms with Crippen molar-refractivity contribution < 1.29 is 9.72 Å². The van der Waals surface area contributed by atoms with Gasteiger partial charge < -0.3 is 5.32 Å². The highest BCUT2D eigenvalue weighted by molar-refractivity contribution is 6.05. The molecule has 0 aliphatic carbocycles. The maximum atomic E-state index is 12.0. The van der Waals surface area contributed by atoms with Gasteiger partial charge in [-0.05, 0) is 24.3 Å². The molecule has 0 spiro atoms. The molecule has 0 atom stereocenters. The van der Waals surface area contributed by atoms with E-state index in [2.05, 4.69) is 5.32 Å². The zero-order valence-corrected chi connectivity index (χ0v) is 10.2. The third kappa shape index (κ3) is 2.79. The molecule has 0 bridgehead atoms. The van der Waals surface area contributed by atoms with Crippen molar-refractivity contribution in [3.05, 3.63) is 69.8 Å². The van der Waals surface area contributed by atoms with Gasteiger partial charge in [0.25, 0.3) is 11.6 Å². The minimum absolute atomic E-state index is 0.116. The van der Waals surface area contributed by atoms with Gasteiger partial charge in [0.1, 0.15) is 5.69 Å². The van der Waals surface area contributed by atoms with Gasteiger partial charge in [-0.25, -0.2) is 0 Å². The van der Waals surface area contributed by atoms with Gasteiger partial charge in [-0.2, -0.15) is 5.26 Å². The Morgan fingerprint density at radius 1 is 1.20 bits per heavy atom. The second kappa shape index (κ2) is 5.63. The van der Waals surface area contributed by atoms with Crippen molar-refractivity contribution in [1.29, 1.82) is 5.26 Å². The molecular formula is C14H9N3O3. The van der Waals surface area contributed by atoms with Crippen molar-refractivity contribution >= 4 is 17.3 Å². The van der Waals surface area contributed by atoms with E-state index in [9.17, 15) is 14.9 Å². The molecule has 1 amide bonds. The summed E-state index contributed by atoms with van der Waals surface area (Å²) >= 11 is 0. The molecule has 2 aromatic rings. The van der Waals surface area contributed by atoms with Crippen LogP contribution in [0, 0.1) is 21.4 Å². The summed E-state index contributed by atoms with van der Waals surface area (Å²) in [6, 6.07) is 13.9. The van der Waals surface area contributed by atoms with E-state index < -0.39 is 10.8 Å². The summed E-state index contributed by atoms with van der Waals surface area (Å²) in [5.74, 6) is -0.503. The molecule has 6 nitrogen and oxygen atoms in total. The summed E-state index contributed by atoms with van der Waals surface area (Å²) in [6.45, 7) is 0. The van der Waals surface area contributed by atoms with Crippen LogP contribution in [0.25, 0.3) is 0 Å². The molecule has 0 aliphatic heterocycles. The minimum atomic E-state index is -0.568. The van der Waals surface area contributed by atoms with Crippen LogP contribution in [0.2, 0.25) is 0 Å². The van der Waals surface area contributed by atoms with E-state index in [1.807, 2.05) is 6.07 Å². The maximum Gasteiger partial charge on any atom is 0.292 e. The molecule has 6 heteroatoms. The van der Waals surface area contributed by atoms with Crippen molar-refractivity contribution in [3.8, 4) is 6.07 Å². The Balaban J connectivity index is 2.28. The average Bonchev–Trinajstić information content (AvgIpc) is 2.47. The summed E-state index contributed by atoms with van der Waals surface area (Å²) in [5, 5.41) is 22.1. The Morgan fingerprint density at radius 3 is 2.65 bits per heavy atom. The number of nitro benzene ring substituents is 1. The number of hydrogen-bond acceptors (Lipinski definition) is 4. The predicted molar refractivity (Wildman–Crippen MR) is 72.2 cm³/mol. The lowest BCUT2D eigenvalue weighted by Gasteiger charge is -2.05. The highest BCUT2D eigenvalue weighted by atomic mass is 16.6. The molecule has 0 unspecified atom stereocenters. The van der Waals surface area contributed by atoms with E-state index in [-0.39, 0.29) is 16.9 Å². The first-order chi connectivity index (χ1) is 9.61. The predicted octanol–water partition coefficient (Wildman–Crippen LogP) is 2.72. The van der Waals surface area contributed by atoms with Crippen LogP contribution < -0.4 is 5.32 Å². The Labute approximate surface area is 114 Å². The SMILES string of the molecule is N#Cc1cccc(C(=O)Nc2ccccc2[N+](=O)[O-])c1. The Kier molecular flexibility index (Phi) is 3.72. The zero-order valence-electron chi connectivity index (χ0n) is 10.2. The Bertz CT molecular complexity index is 720. The maximum absolute atomic E-state index is 12.0. The van der Waals surface area contributed by atoms with Gasteiger partial charge in [0.2, 0.25) is 0 Å². The van der Waals surface area contributed by atoms with Crippen molar-refractivity contribution in [2.75, 3.05) is 5.32 Å². The third-order valence-electron chi connectivity index (χ3n) is 2.60. The molecule has 1 N–H and O–H groups in total. The quantitative estimate of drug-likeness (QED) is 0.683. The fourth-order valence-electron chi connectivity index (χ4n) is 1.66. The summed E-state index contributed by atoms with van der Waals surface area (Å²) < 4.78 is 0. The van der Waals surface area contributed by atoms with Crippen LogP contribution in [-0.2, 0) is 0 Å². The van der Waals surface area contributed by atoms with Gasteiger partial charge in [-0.15, -0.1) is 0 Å². The van der Waals surface area contributed by atoms with Crippen molar-refractivity contribution in [1.82, 2.24) is 0 Å². The van der Waals surface area contributed by atoms with Crippen molar-refractivity contribution in [2.45, 2.75) is 0 Å². The van der Waals surface area contributed by atoms with Crippen LogP contribution in [0.1, 0.15) is 15.9 Å². The number of carbonyl (C=O) groups excluding carboxylic acids is 1. The van der Waals surface area contributed by atoms with Crippen LogP contribution in [0.15, 0.2) is 48.5 Å². The molecule has 0 heterocycles. The number of benzene rings is 2. The molecule has 2 aromatic carbocycles. The third-order valence-corrected chi connectivity index (χ3v) is 2.60. The summed E-state index contributed by atoms with van der Waals surface area (Å²) in [4.78, 5) is 22.3. The normalized spacial score (nSPS) is 9.55. The first kappa shape index (κ1) is 13.2. The fraction of sp³-hybridized carbons (Fsp3) is 0. The molecule has 0 aliphatic rings. The molecule has 0 saturated carbocycles. The minimum Gasteiger partial charge on any atom is -0.316 e. The average molecular weight is 267 g/mol. The largest absolute Gasteiger partial charge is 0.316 e. The van der Waals surface area contributed by atoms with Gasteiger partial charge in [0.05, 0.1) is 16.6 Å². The number of nitriles is 1. The number of nitrogens with one attached hydrogen (secondary N) is 1. The number of anilines is 1. The molecule has 0 aromatic heterocycles. The van der Waals surface area contributed by atoms with Crippen LogP contribution in [0.4, 0.5) is 11.4 Å². The number of carbonyl (C=O) groups is 1. The Hall–Kier alpha value is -3.20. The lowest BCUT2D eigenvalue weighted by molar-refractivity contribution is -0.383. The van der Waals surface area contributed by atoms with Crippen LogP contribution >= 0.6 is 0 Å². The standard InChI is InChI=1S/C14H9N3O3/c15-9-10-4-3-5-11(8-10)14(18)16-12-6-1-2-7-13(12)17(19)20/h1-8H,(H,16,18). The van der Waals surface area contributed by atoms with Crippen LogP contribution in [0.3, 0.4) is 0 Å². The molecule has 0 saturated heterocycles. The topological polar surface area (TPSA) is 96.0 Å².